The Morgan fingerprint density at radius 1 is 1.06 bits per heavy atom. The van der Waals surface area contributed by atoms with Crippen LogP contribution in [0.3, 0.4) is 0 Å². The van der Waals surface area contributed by atoms with Gasteiger partial charge in [-0.15, -0.1) is 0 Å². The predicted molar refractivity (Wildman–Crippen MR) is 51.6 cm³/mol. The molecule has 0 spiro atoms. The molecule has 1 unspecified atom stereocenters. The molecule has 0 saturated carbocycles. The maximum absolute atomic E-state index is 10.4. The maximum atomic E-state index is 10.4. The third-order valence-electron chi connectivity index (χ3n) is 1.75. The van der Waals surface area contributed by atoms with Crippen molar-refractivity contribution in [2.24, 2.45) is 5.92 Å². The largest absolute Gasteiger partial charge is 0.503 e. The number of unbranched alkanes of at least 4 members (excludes halogenated alkanes) is 1. The second kappa shape index (κ2) is 17.2. The monoisotopic (exact) mass is 332 g/mol. The Labute approximate surface area is 117 Å². The van der Waals surface area contributed by atoms with E-state index in [0.29, 0.717) is 0 Å². The molecular formula is C9H18Cu2O5. The minimum absolute atomic E-state index is 0. The third kappa shape index (κ3) is 23.5. The van der Waals surface area contributed by atoms with Crippen LogP contribution in [0.15, 0.2) is 0 Å². The van der Waals surface area contributed by atoms with E-state index in [1.54, 1.807) is 0 Å². The van der Waals surface area contributed by atoms with E-state index in [1.165, 1.54) is 0 Å². The zero-order chi connectivity index (χ0) is 11.6. The quantitative estimate of drug-likeness (QED) is 0.672. The molecule has 1 atom stereocenters. The summed E-state index contributed by atoms with van der Waals surface area (Å²) < 4.78 is 0. The standard InChI is InChI=1S/C8H16O2.CH2O3.2Cu/c1-3-5-6-7(4-2)8(9)10;2-1(3)4;;/h7H,3-6H2,1-2H3,(H,9,10);(H2,2,3,4);;. The van der Waals surface area contributed by atoms with Crippen LogP contribution in [0.25, 0.3) is 0 Å². The second-order valence-corrected chi connectivity index (χ2v) is 2.87. The zero-order valence-electron chi connectivity index (χ0n) is 9.17. The van der Waals surface area contributed by atoms with Crippen LogP contribution in [0.4, 0.5) is 4.79 Å². The summed E-state index contributed by atoms with van der Waals surface area (Å²) in [5.41, 5.74) is 0. The maximum Gasteiger partial charge on any atom is 0.503 e. The van der Waals surface area contributed by atoms with Gasteiger partial charge in [0, 0.05) is 34.1 Å². The van der Waals surface area contributed by atoms with E-state index in [2.05, 4.69) is 6.92 Å². The average molecular weight is 333 g/mol. The van der Waals surface area contributed by atoms with E-state index in [-0.39, 0.29) is 40.1 Å². The molecule has 0 aromatic carbocycles. The van der Waals surface area contributed by atoms with Gasteiger partial charge in [0.25, 0.3) is 0 Å². The molecule has 0 amide bonds. The van der Waals surface area contributed by atoms with Crippen molar-refractivity contribution in [1.82, 2.24) is 0 Å². The summed E-state index contributed by atoms with van der Waals surface area (Å²) in [4.78, 5) is 19.0. The van der Waals surface area contributed by atoms with Crippen molar-refractivity contribution < 1.29 is 59.0 Å². The molecule has 0 aromatic heterocycles. The van der Waals surface area contributed by atoms with Crippen molar-refractivity contribution in [3.8, 4) is 0 Å². The minimum Gasteiger partial charge on any atom is -0.481 e. The second-order valence-electron chi connectivity index (χ2n) is 2.87. The molecular weight excluding hydrogens is 315 g/mol. The molecule has 0 aliphatic rings. The van der Waals surface area contributed by atoms with E-state index >= 15 is 0 Å². The van der Waals surface area contributed by atoms with Gasteiger partial charge in [-0.05, 0) is 12.8 Å². The van der Waals surface area contributed by atoms with Gasteiger partial charge in [-0.1, -0.05) is 26.7 Å². The fourth-order valence-corrected chi connectivity index (χ4v) is 0.953. The summed E-state index contributed by atoms with van der Waals surface area (Å²) in [7, 11) is 0. The first-order valence-electron chi connectivity index (χ1n) is 4.60. The van der Waals surface area contributed by atoms with Crippen molar-refractivity contribution >= 4 is 12.1 Å². The summed E-state index contributed by atoms with van der Waals surface area (Å²) in [6.07, 6.45) is 1.88. The number of carbonyl (C=O) groups is 2. The summed E-state index contributed by atoms with van der Waals surface area (Å²) in [5, 5.41) is 22.5. The predicted octanol–water partition coefficient (Wildman–Crippen LogP) is 2.50. The van der Waals surface area contributed by atoms with Crippen LogP contribution in [-0.2, 0) is 38.9 Å². The van der Waals surface area contributed by atoms with Crippen LogP contribution in [0.5, 0.6) is 0 Å². The minimum atomic E-state index is -1.83. The van der Waals surface area contributed by atoms with Gasteiger partial charge in [0.2, 0.25) is 0 Å². The SMILES string of the molecule is CCCCC(CC)C(=O)O.O=C(O)O.[Cu].[Cu]. The molecule has 0 aliphatic carbocycles. The summed E-state index contributed by atoms with van der Waals surface area (Å²) in [5.74, 6) is -0.754. The number of hydrogen-bond donors (Lipinski definition) is 3. The van der Waals surface area contributed by atoms with Gasteiger partial charge in [-0.25, -0.2) is 4.79 Å². The third-order valence-corrected chi connectivity index (χ3v) is 1.75. The Morgan fingerprint density at radius 2 is 1.44 bits per heavy atom. The van der Waals surface area contributed by atoms with Crippen LogP contribution in [0.2, 0.25) is 0 Å². The van der Waals surface area contributed by atoms with Crippen LogP contribution in [0, 0.1) is 5.92 Å². The Balaban J connectivity index is -0.000000105. The summed E-state index contributed by atoms with van der Waals surface area (Å²) >= 11 is 0. The normalized spacial score (nSPS) is 9.62. The van der Waals surface area contributed by atoms with Crippen molar-refractivity contribution in [2.75, 3.05) is 0 Å². The molecule has 0 fully saturated rings. The smallest absolute Gasteiger partial charge is 0.481 e. The molecule has 106 valence electrons. The molecule has 0 heterocycles. The van der Waals surface area contributed by atoms with Gasteiger partial charge in [0.15, 0.2) is 0 Å². The first-order valence-corrected chi connectivity index (χ1v) is 4.60. The van der Waals surface area contributed by atoms with Gasteiger partial charge < -0.3 is 15.3 Å². The van der Waals surface area contributed by atoms with E-state index in [4.69, 9.17) is 20.1 Å². The number of aliphatic carboxylic acids is 1. The number of rotatable bonds is 5. The van der Waals surface area contributed by atoms with Crippen molar-refractivity contribution in [1.29, 1.82) is 0 Å². The van der Waals surface area contributed by atoms with E-state index in [9.17, 15) is 4.79 Å². The molecule has 0 saturated heterocycles. The van der Waals surface area contributed by atoms with Crippen LogP contribution in [-0.4, -0.2) is 27.4 Å². The number of carboxylic acid groups (broad SMARTS) is 3. The Bertz CT molecular complexity index is 171. The summed E-state index contributed by atoms with van der Waals surface area (Å²) in [6, 6.07) is 0. The van der Waals surface area contributed by atoms with E-state index < -0.39 is 12.1 Å². The molecule has 3 N–H and O–H groups in total. The van der Waals surface area contributed by atoms with Crippen LogP contribution >= 0.6 is 0 Å². The van der Waals surface area contributed by atoms with Crippen LogP contribution < -0.4 is 0 Å². The average Bonchev–Trinajstić information content (AvgIpc) is 2.04. The van der Waals surface area contributed by atoms with Gasteiger partial charge in [-0.3, -0.25) is 4.79 Å². The van der Waals surface area contributed by atoms with Gasteiger partial charge in [0.1, 0.15) is 0 Å². The molecule has 16 heavy (non-hydrogen) atoms. The Morgan fingerprint density at radius 3 is 1.62 bits per heavy atom. The van der Waals surface area contributed by atoms with E-state index in [0.717, 1.165) is 25.7 Å². The van der Waals surface area contributed by atoms with Crippen molar-refractivity contribution in [3.63, 3.8) is 0 Å². The molecule has 0 aromatic rings. The summed E-state index contributed by atoms with van der Waals surface area (Å²) in [6.45, 7) is 4.00. The Hall–Kier alpha value is -0.221. The molecule has 0 aliphatic heterocycles. The first-order chi connectivity index (χ1) is 6.45. The topological polar surface area (TPSA) is 94.8 Å². The van der Waals surface area contributed by atoms with Crippen molar-refractivity contribution in [3.05, 3.63) is 0 Å². The van der Waals surface area contributed by atoms with Gasteiger partial charge in [0.05, 0.1) is 5.92 Å². The van der Waals surface area contributed by atoms with Gasteiger partial charge in [-0.2, -0.15) is 0 Å². The Kier molecular flexibility index (Phi) is 26.7. The molecule has 2 radical (unpaired) electrons. The number of hydrogen-bond acceptors (Lipinski definition) is 2. The molecule has 7 heteroatoms. The van der Waals surface area contributed by atoms with Crippen LogP contribution in [0.1, 0.15) is 39.5 Å². The fraction of sp³-hybridized carbons (Fsp3) is 0.778. The van der Waals surface area contributed by atoms with Crippen molar-refractivity contribution in [2.45, 2.75) is 39.5 Å². The van der Waals surface area contributed by atoms with E-state index in [1.807, 2.05) is 6.92 Å². The number of carboxylic acids is 1. The van der Waals surface area contributed by atoms with Gasteiger partial charge >= 0.3 is 12.1 Å². The molecule has 0 rings (SSSR count). The first kappa shape index (κ1) is 24.8. The molecule has 5 nitrogen and oxygen atoms in total. The zero-order valence-corrected chi connectivity index (χ0v) is 11.1. The fourth-order valence-electron chi connectivity index (χ4n) is 0.953. The molecule has 0 bridgehead atoms.